The van der Waals surface area contributed by atoms with Crippen LogP contribution < -0.4 is 10.2 Å². The Morgan fingerprint density at radius 1 is 1.11 bits per heavy atom. The highest BCUT2D eigenvalue weighted by atomic mass is 16.5. The zero-order chi connectivity index (χ0) is 19.9. The monoisotopic (exact) mass is 379 g/mol. The summed E-state index contributed by atoms with van der Waals surface area (Å²) in [5.74, 6) is 0.669. The highest BCUT2D eigenvalue weighted by Crippen LogP contribution is 2.27. The third-order valence-electron chi connectivity index (χ3n) is 4.04. The molecule has 28 heavy (non-hydrogen) atoms. The lowest BCUT2D eigenvalue weighted by Gasteiger charge is -2.23. The number of anilines is 1. The second kappa shape index (κ2) is 8.90. The van der Waals surface area contributed by atoms with Crippen molar-refractivity contribution in [3.05, 3.63) is 48.8 Å². The van der Waals surface area contributed by atoms with Crippen molar-refractivity contribution >= 4 is 28.7 Å². The number of carbonyl (C=O) groups excluding carboxylic acids is 2. The molecule has 0 bridgehead atoms. The van der Waals surface area contributed by atoms with Gasteiger partial charge < -0.3 is 9.64 Å². The number of carbonyl (C=O) groups is 2. The number of para-hydroxylation sites is 1. The van der Waals surface area contributed by atoms with Gasteiger partial charge in [0, 0.05) is 29.9 Å². The summed E-state index contributed by atoms with van der Waals surface area (Å²) in [6, 6.07) is 11.3. The molecule has 0 saturated carbocycles. The maximum Gasteiger partial charge on any atom is 0.413 e. The second-order valence-corrected chi connectivity index (χ2v) is 5.91. The molecule has 1 N–H and O–H groups in total. The Kier molecular flexibility index (Phi) is 6.11. The third-order valence-corrected chi connectivity index (χ3v) is 4.04. The molecule has 3 aromatic rings. The number of alkyl carbamates (subject to hydrolysis) is 1. The summed E-state index contributed by atoms with van der Waals surface area (Å²) >= 11 is 0. The molecule has 1 aromatic carbocycles. The number of hydrogen-bond acceptors (Lipinski definition) is 7. The lowest BCUT2D eigenvalue weighted by molar-refractivity contribution is -0.119. The van der Waals surface area contributed by atoms with E-state index in [4.69, 9.17) is 4.74 Å². The van der Waals surface area contributed by atoms with E-state index in [1.807, 2.05) is 43.3 Å². The van der Waals surface area contributed by atoms with E-state index in [-0.39, 0.29) is 13.2 Å². The molecular weight excluding hydrogens is 358 g/mol. The van der Waals surface area contributed by atoms with E-state index in [0.29, 0.717) is 18.2 Å². The van der Waals surface area contributed by atoms with Gasteiger partial charge in [0.2, 0.25) is 5.91 Å². The van der Waals surface area contributed by atoms with Crippen LogP contribution in [0.5, 0.6) is 0 Å². The number of aromatic nitrogens is 3. The summed E-state index contributed by atoms with van der Waals surface area (Å²) in [6.45, 7) is 4.27. The Labute approximate surface area is 162 Å². The molecule has 8 heteroatoms. The van der Waals surface area contributed by atoms with Crippen LogP contribution in [0, 0.1) is 0 Å². The summed E-state index contributed by atoms with van der Waals surface area (Å²) in [5.41, 5.74) is 1.54. The molecule has 0 atom stereocenters. The first-order valence-electron chi connectivity index (χ1n) is 9.01. The molecule has 0 unspecified atom stereocenters. The molecule has 0 saturated heterocycles. The summed E-state index contributed by atoms with van der Waals surface area (Å²) in [4.78, 5) is 39.0. The fourth-order valence-corrected chi connectivity index (χ4v) is 2.76. The maximum absolute atomic E-state index is 12.3. The van der Waals surface area contributed by atoms with Crippen molar-refractivity contribution in [1.82, 2.24) is 20.3 Å². The largest absolute Gasteiger partial charge is 0.450 e. The Bertz CT molecular complexity index is 978. The molecule has 0 aliphatic heterocycles. The quantitative estimate of drug-likeness (QED) is 0.703. The van der Waals surface area contributed by atoms with E-state index in [1.165, 1.54) is 0 Å². The number of fused-ring (bicyclic) bond motifs is 1. The van der Waals surface area contributed by atoms with Crippen LogP contribution >= 0.6 is 0 Å². The van der Waals surface area contributed by atoms with Gasteiger partial charge in [-0.25, -0.2) is 14.8 Å². The average Bonchev–Trinajstić information content (AvgIpc) is 2.72. The molecule has 8 nitrogen and oxygen atoms in total. The van der Waals surface area contributed by atoms with Gasteiger partial charge in [0.1, 0.15) is 5.82 Å². The summed E-state index contributed by atoms with van der Waals surface area (Å²) < 4.78 is 4.76. The van der Waals surface area contributed by atoms with E-state index in [1.54, 1.807) is 24.2 Å². The van der Waals surface area contributed by atoms with Crippen molar-refractivity contribution in [2.24, 2.45) is 0 Å². The number of benzene rings is 1. The number of ether oxygens (including phenoxy) is 1. The van der Waals surface area contributed by atoms with Crippen molar-refractivity contribution in [1.29, 1.82) is 0 Å². The average molecular weight is 379 g/mol. The van der Waals surface area contributed by atoms with Crippen molar-refractivity contribution in [3.8, 4) is 11.4 Å². The minimum absolute atomic E-state index is 0.0389. The molecule has 0 radical (unpaired) electrons. The Hall–Kier alpha value is -3.55. The topological polar surface area (TPSA) is 97.3 Å². The number of pyridine rings is 1. The number of amides is 2. The first-order chi connectivity index (χ1) is 13.6. The number of rotatable bonds is 6. The van der Waals surface area contributed by atoms with E-state index in [0.717, 1.165) is 16.5 Å². The molecule has 2 heterocycles. The van der Waals surface area contributed by atoms with Crippen LogP contribution in [0.2, 0.25) is 0 Å². The van der Waals surface area contributed by atoms with Crippen molar-refractivity contribution in [2.45, 2.75) is 13.8 Å². The number of imide groups is 1. The van der Waals surface area contributed by atoms with Gasteiger partial charge in [0.05, 0.1) is 18.7 Å². The molecule has 3 rings (SSSR count). The van der Waals surface area contributed by atoms with Crippen LogP contribution in [0.1, 0.15) is 13.8 Å². The normalized spacial score (nSPS) is 10.5. The van der Waals surface area contributed by atoms with E-state index < -0.39 is 12.0 Å². The Morgan fingerprint density at radius 2 is 1.93 bits per heavy atom. The van der Waals surface area contributed by atoms with Gasteiger partial charge in [-0.15, -0.1) is 0 Å². The summed E-state index contributed by atoms with van der Waals surface area (Å²) in [7, 11) is 0. The number of hydrogen-bond donors (Lipinski definition) is 1. The third kappa shape index (κ3) is 4.40. The zero-order valence-electron chi connectivity index (χ0n) is 15.8. The number of nitrogens with zero attached hydrogens (tertiary/aromatic N) is 4. The Morgan fingerprint density at radius 3 is 2.64 bits per heavy atom. The fourth-order valence-electron chi connectivity index (χ4n) is 2.76. The summed E-state index contributed by atoms with van der Waals surface area (Å²) in [5, 5.41) is 3.03. The lowest BCUT2D eigenvalue weighted by Crippen LogP contribution is -2.40. The first-order valence-corrected chi connectivity index (χ1v) is 9.01. The predicted octanol–water partition coefficient (Wildman–Crippen LogP) is 2.79. The molecular formula is C20H21N5O3. The lowest BCUT2D eigenvalue weighted by atomic mass is 10.2. The highest BCUT2D eigenvalue weighted by molar-refractivity contribution is 5.96. The SMILES string of the molecule is CCOC(=O)NC(=O)CN(CC)c1nc(-c2cccnc2)nc2ccccc12. The maximum atomic E-state index is 12.3. The molecule has 2 amide bonds. The van der Waals surface area contributed by atoms with E-state index in [9.17, 15) is 9.59 Å². The van der Waals surface area contributed by atoms with Gasteiger partial charge in [-0.05, 0) is 38.1 Å². The van der Waals surface area contributed by atoms with Gasteiger partial charge in [-0.2, -0.15) is 0 Å². The van der Waals surface area contributed by atoms with Gasteiger partial charge >= 0.3 is 6.09 Å². The van der Waals surface area contributed by atoms with Crippen LogP contribution in [0.4, 0.5) is 10.6 Å². The first kappa shape index (κ1) is 19.2. The molecule has 0 aliphatic carbocycles. The molecule has 2 aromatic heterocycles. The number of likely N-dealkylation sites (N-methyl/N-ethyl adjacent to an activating group) is 1. The molecule has 0 fully saturated rings. The second-order valence-electron chi connectivity index (χ2n) is 5.91. The van der Waals surface area contributed by atoms with Crippen LogP contribution in [0.3, 0.4) is 0 Å². The van der Waals surface area contributed by atoms with Gasteiger partial charge in [-0.1, -0.05) is 12.1 Å². The number of nitrogens with one attached hydrogen (secondary N) is 1. The predicted molar refractivity (Wildman–Crippen MR) is 106 cm³/mol. The van der Waals surface area contributed by atoms with Gasteiger partial charge in [0.25, 0.3) is 0 Å². The zero-order valence-corrected chi connectivity index (χ0v) is 15.8. The van der Waals surface area contributed by atoms with E-state index >= 15 is 0 Å². The molecule has 0 aliphatic rings. The standard InChI is InChI=1S/C20H21N5O3/c1-3-25(13-17(26)23-20(27)28-4-2)19-15-9-5-6-10-16(15)22-18(24-19)14-8-7-11-21-12-14/h5-12H,3-4,13H2,1-2H3,(H,23,26,27). The summed E-state index contributed by atoms with van der Waals surface area (Å²) in [6.07, 6.45) is 2.62. The van der Waals surface area contributed by atoms with Crippen LogP contribution in [0.15, 0.2) is 48.8 Å². The highest BCUT2D eigenvalue weighted by Gasteiger charge is 2.18. The van der Waals surface area contributed by atoms with Crippen molar-refractivity contribution in [2.75, 3.05) is 24.6 Å². The van der Waals surface area contributed by atoms with Gasteiger partial charge in [0.15, 0.2) is 5.82 Å². The minimum Gasteiger partial charge on any atom is -0.450 e. The van der Waals surface area contributed by atoms with Crippen LogP contribution in [-0.2, 0) is 9.53 Å². The smallest absolute Gasteiger partial charge is 0.413 e. The minimum atomic E-state index is -0.757. The fraction of sp³-hybridized carbons (Fsp3) is 0.250. The van der Waals surface area contributed by atoms with Gasteiger partial charge in [-0.3, -0.25) is 15.1 Å². The molecule has 144 valence electrons. The molecule has 0 spiro atoms. The van der Waals surface area contributed by atoms with E-state index in [2.05, 4.69) is 20.3 Å². The van der Waals surface area contributed by atoms with Crippen LogP contribution in [-0.4, -0.2) is 46.6 Å². The van der Waals surface area contributed by atoms with Crippen LogP contribution in [0.25, 0.3) is 22.3 Å². The van der Waals surface area contributed by atoms with Crippen molar-refractivity contribution in [3.63, 3.8) is 0 Å². The Balaban J connectivity index is 1.97. The van der Waals surface area contributed by atoms with Crippen molar-refractivity contribution < 1.29 is 14.3 Å².